The van der Waals surface area contributed by atoms with Gasteiger partial charge in [-0.25, -0.2) is 19.9 Å². The van der Waals surface area contributed by atoms with Crippen LogP contribution in [0.1, 0.15) is 0 Å². The number of pyridine rings is 1. The predicted octanol–water partition coefficient (Wildman–Crippen LogP) is 25.2. The summed E-state index contributed by atoms with van der Waals surface area (Å²) in [5, 5.41) is 6.76. The van der Waals surface area contributed by atoms with Gasteiger partial charge in [0.25, 0.3) is 0 Å². The average Bonchev–Trinajstić information content (AvgIpc) is 1.54. The molecule has 490 valence electrons. The van der Waals surface area contributed by atoms with E-state index in [4.69, 9.17) is 19.9 Å². The van der Waals surface area contributed by atoms with E-state index >= 15 is 0 Å². The first-order valence-corrected chi connectivity index (χ1v) is 35.7. The molecule has 0 spiro atoms. The van der Waals surface area contributed by atoms with Gasteiger partial charge < -0.3 is 4.57 Å². The normalized spacial score (nSPS) is 11.6. The van der Waals surface area contributed by atoms with E-state index in [9.17, 15) is 0 Å². The van der Waals surface area contributed by atoms with Gasteiger partial charge in [0.05, 0.1) is 38.8 Å². The lowest BCUT2D eigenvalue weighted by molar-refractivity contribution is 0.985. The number of fused-ring (bicyclic) bond motifs is 9. The van der Waals surface area contributed by atoms with Crippen LogP contribution < -0.4 is 0 Å². The second kappa shape index (κ2) is 25.5. The summed E-state index contributed by atoms with van der Waals surface area (Å²) in [6.45, 7) is 0. The Kier molecular flexibility index (Phi) is 14.8. The molecule has 0 amide bonds. The van der Waals surface area contributed by atoms with Crippen LogP contribution in [0.15, 0.2) is 382 Å². The minimum Gasteiger partial charge on any atom is -0.305 e. The van der Waals surface area contributed by atoms with Gasteiger partial charge in [-0.1, -0.05) is 334 Å². The van der Waals surface area contributed by atoms with E-state index < -0.39 is 0 Å². The number of hydrogen-bond acceptors (Lipinski definition) is 4. The van der Waals surface area contributed by atoms with Crippen molar-refractivity contribution in [2.45, 2.75) is 0 Å². The van der Waals surface area contributed by atoms with Gasteiger partial charge in [0.1, 0.15) is 5.82 Å². The van der Waals surface area contributed by atoms with Gasteiger partial charge >= 0.3 is 0 Å². The highest BCUT2D eigenvalue weighted by atomic mass is 15.2. The molecule has 20 aromatic rings. The second-order valence-corrected chi connectivity index (χ2v) is 26.7. The Bertz CT molecular complexity index is 6360. The number of rotatable bonds is 13. The highest BCUT2D eigenvalue weighted by molar-refractivity contribution is 6.24. The standard InChI is InChI=1S/C98H63N7/c1-9-32-64(33-10-1)74-50-26-56-81-88(74)89-75(65-34-11-2-12-35-65)51-27-57-82(89)103(81)87-63-80(72-48-25-49-73(62-72)97-101-95(70-44-21-7-22-45-70)100-96(102-97)71-46-23-8-24-47-71)94(104-83-58-28-52-76(66-36-13-3-14-37-66)90(83)91-77(53-29-59-84(91)104)67-38-15-4-16-39-67)98(99-87)105-85-60-30-54-78(68-40-17-5-18-41-68)92(85)93-79(55-31-61-86(93)105)69-42-19-6-20-43-69/h1-63H. The molecule has 0 bridgehead atoms. The fourth-order valence-corrected chi connectivity index (χ4v) is 16.2. The second-order valence-electron chi connectivity index (χ2n) is 26.7. The lowest BCUT2D eigenvalue weighted by Gasteiger charge is -2.22. The number of hydrogen-bond donors (Lipinski definition) is 0. The Balaban J connectivity index is 1.00. The molecule has 0 atom stereocenters. The summed E-state index contributed by atoms with van der Waals surface area (Å²) in [5.41, 5.74) is 24.9. The lowest BCUT2D eigenvalue weighted by atomic mass is 9.95. The van der Waals surface area contributed by atoms with Crippen LogP contribution in [0.2, 0.25) is 0 Å². The van der Waals surface area contributed by atoms with Crippen molar-refractivity contribution in [1.29, 1.82) is 0 Å². The Morgan fingerprint density at radius 1 is 0.162 bits per heavy atom. The molecule has 0 aliphatic carbocycles. The summed E-state index contributed by atoms with van der Waals surface area (Å²) < 4.78 is 7.45. The first kappa shape index (κ1) is 60.8. The zero-order valence-electron chi connectivity index (χ0n) is 57.0. The van der Waals surface area contributed by atoms with E-state index in [-0.39, 0.29) is 0 Å². The summed E-state index contributed by atoms with van der Waals surface area (Å²) in [7, 11) is 0. The van der Waals surface area contributed by atoms with Gasteiger partial charge in [-0.3, -0.25) is 9.13 Å². The van der Waals surface area contributed by atoms with Crippen LogP contribution in [0.25, 0.3) is 195 Å². The molecule has 0 fully saturated rings. The first-order chi connectivity index (χ1) is 52.1. The molecule has 0 unspecified atom stereocenters. The molecule has 5 aromatic heterocycles. The molecule has 0 radical (unpaired) electrons. The molecule has 0 N–H and O–H groups in total. The SMILES string of the molecule is c1ccc(-c2nc(-c3ccccc3)nc(-c3cccc(-c4cc(-n5c6cccc(-c7ccccc7)c6c6c(-c7ccccc7)cccc65)nc(-n5c6cccc(-c7ccccc7)c6c6c(-c7ccccc7)cccc65)c4-n4c5cccc(-c6ccccc6)c5c5c(-c6ccccc6)cccc54)c3)n2)cc1. The lowest BCUT2D eigenvalue weighted by Crippen LogP contribution is -2.11. The van der Waals surface area contributed by atoms with E-state index in [2.05, 4.69) is 359 Å². The minimum absolute atomic E-state index is 0.547. The van der Waals surface area contributed by atoms with Crippen LogP contribution in [0, 0.1) is 0 Å². The van der Waals surface area contributed by atoms with Crippen molar-refractivity contribution in [2.75, 3.05) is 0 Å². The van der Waals surface area contributed by atoms with Crippen molar-refractivity contribution in [3.05, 3.63) is 382 Å². The average molecular weight is 1340 g/mol. The molecule has 0 saturated heterocycles. The van der Waals surface area contributed by atoms with Gasteiger partial charge in [0, 0.05) is 54.6 Å². The first-order valence-electron chi connectivity index (χ1n) is 35.7. The van der Waals surface area contributed by atoms with Crippen molar-refractivity contribution in [2.24, 2.45) is 0 Å². The molecule has 0 saturated carbocycles. The van der Waals surface area contributed by atoms with Crippen LogP contribution in [0.4, 0.5) is 0 Å². The van der Waals surface area contributed by atoms with E-state index in [1.807, 2.05) is 36.4 Å². The summed E-state index contributed by atoms with van der Waals surface area (Å²) in [6.07, 6.45) is 0. The molecule has 15 aromatic carbocycles. The van der Waals surface area contributed by atoms with Crippen LogP contribution in [0.5, 0.6) is 0 Å². The minimum atomic E-state index is 0.547. The van der Waals surface area contributed by atoms with Gasteiger partial charge in [-0.05, 0) is 121 Å². The maximum absolute atomic E-state index is 6.53. The topological polar surface area (TPSA) is 66.3 Å². The van der Waals surface area contributed by atoms with Crippen LogP contribution in [-0.2, 0) is 0 Å². The van der Waals surface area contributed by atoms with Crippen molar-refractivity contribution in [3.63, 3.8) is 0 Å². The van der Waals surface area contributed by atoms with E-state index in [0.717, 1.165) is 177 Å². The van der Waals surface area contributed by atoms with Gasteiger partial charge in [0.2, 0.25) is 0 Å². The van der Waals surface area contributed by atoms with E-state index in [0.29, 0.717) is 17.5 Å². The molecule has 20 rings (SSSR count). The molecule has 5 heterocycles. The highest BCUT2D eigenvalue weighted by Gasteiger charge is 2.31. The van der Waals surface area contributed by atoms with Crippen molar-refractivity contribution in [3.8, 4) is 129 Å². The van der Waals surface area contributed by atoms with Crippen LogP contribution in [0.3, 0.4) is 0 Å². The maximum atomic E-state index is 6.53. The summed E-state index contributed by atoms with van der Waals surface area (Å²) in [4.78, 5) is 22.5. The van der Waals surface area contributed by atoms with E-state index in [1.165, 1.54) is 0 Å². The third-order valence-electron chi connectivity index (χ3n) is 20.7. The number of nitrogens with zero attached hydrogens (tertiary/aromatic N) is 7. The number of aromatic nitrogens is 7. The smallest absolute Gasteiger partial charge is 0.165 e. The third kappa shape index (κ3) is 10.3. The van der Waals surface area contributed by atoms with Gasteiger partial charge in [-0.15, -0.1) is 0 Å². The molecule has 105 heavy (non-hydrogen) atoms. The zero-order chi connectivity index (χ0) is 69.3. The Hall–Kier alpha value is -14.1. The highest BCUT2D eigenvalue weighted by Crippen LogP contribution is 2.51. The monoisotopic (exact) mass is 1340 g/mol. The molecular formula is C98H63N7. The Labute approximate surface area is 606 Å². The van der Waals surface area contributed by atoms with Crippen LogP contribution >= 0.6 is 0 Å². The molecule has 0 aliphatic heterocycles. The summed E-state index contributed by atoms with van der Waals surface area (Å²) in [6, 6.07) is 138. The molecule has 7 nitrogen and oxygen atoms in total. The van der Waals surface area contributed by atoms with Crippen LogP contribution in [-0.4, -0.2) is 33.6 Å². The van der Waals surface area contributed by atoms with Crippen molar-refractivity contribution >= 4 is 65.4 Å². The largest absolute Gasteiger partial charge is 0.305 e. The van der Waals surface area contributed by atoms with Gasteiger partial charge in [0.15, 0.2) is 23.3 Å². The summed E-state index contributed by atoms with van der Waals surface area (Å²) >= 11 is 0. The molecular weight excluding hydrogens is 1280 g/mol. The van der Waals surface area contributed by atoms with Crippen molar-refractivity contribution < 1.29 is 0 Å². The third-order valence-corrected chi connectivity index (χ3v) is 20.7. The quantitative estimate of drug-likeness (QED) is 0.115. The summed E-state index contributed by atoms with van der Waals surface area (Å²) in [5.74, 6) is 3.17. The predicted molar refractivity (Wildman–Crippen MR) is 435 cm³/mol. The zero-order valence-corrected chi connectivity index (χ0v) is 57.0. The Morgan fingerprint density at radius 2 is 0.400 bits per heavy atom. The number of benzene rings is 15. The van der Waals surface area contributed by atoms with E-state index in [1.54, 1.807) is 0 Å². The Morgan fingerprint density at radius 3 is 0.705 bits per heavy atom. The molecule has 7 heteroatoms. The molecule has 0 aliphatic rings. The van der Waals surface area contributed by atoms with Crippen molar-refractivity contribution in [1.82, 2.24) is 33.6 Å². The maximum Gasteiger partial charge on any atom is 0.165 e. The fraction of sp³-hybridized carbons (Fsp3) is 0. The fourth-order valence-electron chi connectivity index (χ4n) is 16.2. The van der Waals surface area contributed by atoms with Gasteiger partial charge in [-0.2, -0.15) is 0 Å².